The van der Waals surface area contributed by atoms with Crippen molar-refractivity contribution in [1.29, 1.82) is 0 Å². The average Bonchev–Trinajstić information content (AvgIpc) is 2.37. The van der Waals surface area contributed by atoms with Crippen LogP contribution in [0.4, 0.5) is 0 Å². The molecule has 0 aromatic rings. The van der Waals surface area contributed by atoms with Crippen molar-refractivity contribution >= 4 is 5.97 Å². The molecule has 4 heteroatoms. The van der Waals surface area contributed by atoms with Crippen LogP contribution in [0.3, 0.4) is 0 Å². The minimum Gasteiger partial charge on any atom is -0.481 e. The lowest BCUT2D eigenvalue weighted by Crippen LogP contribution is -2.23. The number of rotatable bonds is 2. The summed E-state index contributed by atoms with van der Waals surface area (Å²) in [5, 5.41) is 26.3. The molecule has 3 atom stereocenters. The van der Waals surface area contributed by atoms with Crippen molar-refractivity contribution in [3.8, 4) is 0 Å². The average molecular weight is 160 g/mol. The highest BCUT2D eigenvalue weighted by atomic mass is 16.5. The van der Waals surface area contributed by atoms with E-state index in [1.807, 2.05) is 0 Å². The lowest BCUT2D eigenvalue weighted by Gasteiger charge is -2.11. The van der Waals surface area contributed by atoms with Crippen LogP contribution in [0.15, 0.2) is 0 Å². The second-order valence-corrected chi connectivity index (χ2v) is 3.34. The van der Waals surface area contributed by atoms with Crippen molar-refractivity contribution in [3.63, 3.8) is 0 Å². The molecule has 1 aliphatic carbocycles. The van der Waals surface area contributed by atoms with E-state index in [4.69, 9.17) is 15.3 Å². The molecule has 0 aromatic carbocycles. The van der Waals surface area contributed by atoms with Gasteiger partial charge in [-0.25, -0.2) is 0 Å². The summed E-state index contributed by atoms with van der Waals surface area (Å²) in [6.45, 7) is 3.28. The summed E-state index contributed by atoms with van der Waals surface area (Å²) in [6, 6.07) is 0. The van der Waals surface area contributed by atoms with Crippen molar-refractivity contribution in [2.45, 2.75) is 20.1 Å². The standard InChI is InChI=1S/C7H12O4/c1-3-4(5(8)9)7(3,2)6(10)11/h3-4,6,10-11H,1-2H3,(H,8,9)/t3?,4-,7-/m0/s1. The second-order valence-electron chi connectivity index (χ2n) is 3.34. The smallest absolute Gasteiger partial charge is 0.307 e. The number of hydrogen-bond donors (Lipinski definition) is 3. The van der Waals surface area contributed by atoms with Gasteiger partial charge in [-0.2, -0.15) is 0 Å². The molecule has 1 aliphatic rings. The van der Waals surface area contributed by atoms with Crippen LogP contribution in [-0.2, 0) is 4.79 Å². The van der Waals surface area contributed by atoms with Crippen LogP contribution in [0.5, 0.6) is 0 Å². The first-order valence-electron chi connectivity index (χ1n) is 3.51. The van der Waals surface area contributed by atoms with Gasteiger partial charge in [-0.1, -0.05) is 13.8 Å². The summed E-state index contributed by atoms with van der Waals surface area (Å²) < 4.78 is 0. The summed E-state index contributed by atoms with van der Waals surface area (Å²) >= 11 is 0. The van der Waals surface area contributed by atoms with E-state index < -0.39 is 23.6 Å². The fraction of sp³-hybridized carbons (Fsp3) is 0.857. The van der Waals surface area contributed by atoms with E-state index in [0.29, 0.717) is 0 Å². The first-order valence-corrected chi connectivity index (χ1v) is 3.51. The Kier molecular flexibility index (Phi) is 1.69. The Bertz CT molecular complexity index is 189. The maximum absolute atomic E-state index is 10.5. The topological polar surface area (TPSA) is 77.8 Å². The van der Waals surface area contributed by atoms with E-state index in [9.17, 15) is 4.79 Å². The molecule has 1 saturated carbocycles. The van der Waals surface area contributed by atoms with E-state index in [-0.39, 0.29) is 5.92 Å². The van der Waals surface area contributed by atoms with Crippen LogP contribution in [0, 0.1) is 17.3 Å². The second kappa shape index (κ2) is 2.19. The predicted molar refractivity (Wildman–Crippen MR) is 36.6 cm³/mol. The van der Waals surface area contributed by atoms with Gasteiger partial charge in [0.15, 0.2) is 6.29 Å². The van der Waals surface area contributed by atoms with Gasteiger partial charge in [0.05, 0.1) is 5.92 Å². The van der Waals surface area contributed by atoms with Gasteiger partial charge in [-0.3, -0.25) is 4.79 Å². The fourth-order valence-corrected chi connectivity index (χ4v) is 1.63. The van der Waals surface area contributed by atoms with Crippen LogP contribution in [0.1, 0.15) is 13.8 Å². The molecule has 4 nitrogen and oxygen atoms in total. The number of aliphatic hydroxyl groups is 2. The summed E-state index contributed by atoms with van der Waals surface area (Å²) in [7, 11) is 0. The van der Waals surface area contributed by atoms with Crippen LogP contribution in [0.2, 0.25) is 0 Å². The Morgan fingerprint density at radius 2 is 2.00 bits per heavy atom. The number of aliphatic hydroxyl groups excluding tert-OH is 1. The van der Waals surface area contributed by atoms with E-state index in [1.165, 1.54) is 0 Å². The quantitative estimate of drug-likeness (QED) is 0.483. The largest absolute Gasteiger partial charge is 0.481 e. The third kappa shape index (κ3) is 0.937. The Balaban J connectivity index is 2.73. The molecule has 0 aliphatic heterocycles. The SMILES string of the molecule is CC1[C@@H](C(=O)O)[C@@]1(C)C(O)O. The minimum atomic E-state index is -1.53. The molecule has 1 rings (SSSR count). The number of carbonyl (C=O) groups is 1. The number of hydrogen-bond acceptors (Lipinski definition) is 3. The summed E-state index contributed by atoms with van der Waals surface area (Å²) in [5.41, 5.74) is -0.841. The minimum absolute atomic E-state index is 0.153. The zero-order chi connectivity index (χ0) is 8.81. The molecule has 3 N–H and O–H groups in total. The monoisotopic (exact) mass is 160 g/mol. The Morgan fingerprint density at radius 1 is 1.55 bits per heavy atom. The molecular weight excluding hydrogens is 148 g/mol. The summed E-state index contributed by atoms with van der Waals surface area (Å²) in [5.74, 6) is -1.71. The van der Waals surface area contributed by atoms with Crippen molar-refractivity contribution in [2.24, 2.45) is 17.3 Å². The van der Waals surface area contributed by atoms with Crippen molar-refractivity contribution in [3.05, 3.63) is 0 Å². The maximum atomic E-state index is 10.5. The Morgan fingerprint density at radius 3 is 2.09 bits per heavy atom. The Hall–Kier alpha value is -0.610. The summed E-state index contributed by atoms with van der Waals surface area (Å²) in [6.07, 6.45) is -1.53. The molecule has 0 radical (unpaired) electrons. The van der Waals surface area contributed by atoms with E-state index in [2.05, 4.69) is 0 Å². The number of aliphatic carboxylic acids is 1. The van der Waals surface area contributed by atoms with Gasteiger partial charge in [0.25, 0.3) is 0 Å². The van der Waals surface area contributed by atoms with Crippen LogP contribution in [-0.4, -0.2) is 27.6 Å². The fourth-order valence-electron chi connectivity index (χ4n) is 1.63. The molecule has 0 spiro atoms. The third-order valence-corrected chi connectivity index (χ3v) is 2.86. The van der Waals surface area contributed by atoms with Gasteiger partial charge in [0.1, 0.15) is 0 Å². The van der Waals surface area contributed by atoms with E-state index >= 15 is 0 Å². The lowest BCUT2D eigenvalue weighted by molar-refractivity contribution is -0.144. The molecule has 0 amide bonds. The molecular formula is C7H12O4. The molecule has 0 aromatic heterocycles. The van der Waals surface area contributed by atoms with Crippen molar-refractivity contribution < 1.29 is 20.1 Å². The highest BCUT2D eigenvalue weighted by Crippen LogP contribution is 2.59. The van der Waals surface area contributed by atoms with Gasteiger partial charge in [-0.15, -0.1) is 0 Å². The van der Waals surface area contributed by atoms with Gasteiger partial charge in [-0.05, 0) is 5.92 Å². The van der Waals surface area contributed by atoms with Crippen LogP contribution >= 0.6 is 0 Å². The molecule has 0 saturated heterocycles. The Labute approximate surface area is 64.5 Å². The van der Waals surface area contributed by atoms with Gasteiger partial charge in [0, 0.05) is 5.41 Å². The van der Waals surface area contributed by atoms with Crippen molar-refractivity contribution in [2.75, 3.05) is 0 Å². The molecule has 1 fully saturated rings. The lowest BCUT2D eigenvalue weighted by atomic mass is 10.1. The first kappa shape index (κ1) is 8.49. The highest BCUT2D eigenvalue weighted by molar-refractivity contribution is 5.75. The number of carboxylic acid groups (broad SMARTS) is 1. The normalized spacial score (nSPS) is 42.6. The summed E-state index contributed by atoms with van der Waals surface area (Å²) in [4.78, 5) is 10.5. The molecule has 11 heavy (non-hydrogen) atoms. The zero-order valence-electron chi connectivity index (χ0n) is 6.48. The first-order chi connectivity index (χ1) is 4.92. The maximum Gasteiger partial charge on any atom is 0.307 e. The predicted octanol–water partition coefficient (Wildman–Crippen LogP) is -0.346. The van der Waals surface area contributed by atoms with Gasteiger partial charge in [0.2, 0.25) is 0 Å². The van der Waals surface area contributed by atoms with E-state index in [0.717, 1.165) is 0 Å². The number of carboxylic acids is 1. The van der Waals surface area contributed by atoms with Crippen molar-refractivity contribution in [1.82, 2.24) is 0 Å². The molecule has 1 unspecified atom stereocenters. The molecule has 0 heterocycles. The molecule has 64 valence electrons. The third-order valence-electron chi connectivity index (χ3n) is 2.86. The van der Waals surface area contributed by atoms with E-state index in [1.54, 1.807) is 13.8 Å². The van der Waals surface area contributed by atoms with Gasteiger partial charge >= 0.3 is 5.97 Å². The van der Waals surface area contributed by atoms with Crippen LogP contribution in [0.25, 0.3) is 0 Å². The highest BCUT2D eigenvalue weighted by Gasteiger charge is 2.66. The zero-order valence-corrected chi connectivity index (χ0v) is 6.48. The van der Waals surface area contributed by atoms with Crippen LogP contribution < -0.4 is 0 Å². The van der Waals surface area contributed by atoms with Gasteiger partial charge < -0.3 is 15.3 Å². The molecule has 0 bridgehead atoms.